The van der Waals surface area contributed by atoms with E-state index in [2.05, 4.69) is 10.6 Å². The molecule has 0 aliphatic heterocycles. The predicted octanol–water partition coefficient (Wildman–Crippen LogP) is 1.83. The Hall–Kier alpha value is -1.36. The number of aryl methyl sites for hydroxylation is 1. The van der Waals surface area contributed by atoms with Crippen LogP contribution in [0.1, 0.15) is 35.0 Å². The van der Waals surface area contributed by atoms with Crippen LogP contribution in [0.2, 0.25) is 0 Å². The molecule has 0 radical (unpaired) electrons. The van der Waals surface area contributed by atoms with Gasteiger partial charge in [-0.2, -0.15) is 0 Å². The first-order chi connectivity index (χ1) is 8.83. The number of carbonyl (C=O) groups is 1. The minimum atomic E-state index is -3.87. The molecule has 19 heavy (non-hydrogen) atoms. The number of aromatic carboxylic acids is 1. The number of terminal acetylenes is 1. The molecule has 1 unspecified atom stereocenters. The Bertz CT molecular complexity index is 610. The van der Waals surface area contributed by atoms with Gasteiger partial charge in [-0.15, -0.1) is 23.7 Å². The molecule has 0 saturated heterocycles. The number of hydrogen-bond donors (Lipinski definition) is 2. The lowest BCUT2D eigenvalue weighted by Gasteiger charge is -2.15. The fraction of sp³-hybridized carbons (Fsp3) is 0.417. The molecule has 0 fully saturated rings. The van der Waals surface area contributed by atoms with Crippen LogP contribution in [0.4, 0.5) is 0 Å². The molecule has 5 nitrogen and oxygen atoms in total. The van der Waals surface area contributed by atoms with Crippen molar-refractivity contribution in [2.75, 3.05) is 0 Å². The zero-order chi connectivity index (χ0) is 14.6. The van der Waals surface area contributed by atoms with Gasteiger partial charge >= 0.3 is 5.97 Å². The third-order valence-corrected chi connectivity index (χ3v) is 5.48. The molecule has 0 aliphatic rings. The van der Waals surface area contributed by atoms with E-state index >= 15 is 0 Å². The van der Waals surface area contributed by atoms with Gasteiger partial charge in [0.05, 0.1) is 0 Å². The van der Waals surface area contributed by atoms with Gasteiger partial charge in [-0.05, 0) is 24.3 Å². The maximum absolute atomic E-state index is 12.2. The van der Waals surface area contributed by atoms with Crippen LogP contribution < -0.4 is 4.72 Å². The maximum atomic E-state index is 12.2. The number of nitrogens with one attached hydrogen (secondary N) is 1. The maximum Gasteiger partial charge on any atom is 0.347 e. The Balaban J connectivity index is 3.18. The number of sulfonamides is 1. The molecule has 0 aromatic carbocycles. The number of carboxylic acids is 1. The largest absolute Gasteiger partial charge is 0.477 e. The zero-order valence-electron chi connectivity index (χ0n) is 10.6. The summed E-state index contributed by atoms with van der Waals surface area (Å²) < 4.78 is 26.9. The van der Waals surface area contributed by atoms with Crippen molar-refractivity contribution in [3.8, 4) is 12.3 Å². The molecule has 0 spiro atoms. The first-order valence-electron chi connectivity index (χ1n) is 5.60. The van der Waals surface area contributed by atoms with E-state index in [4.69, 9.17) is 11.5 Å². The van der Waals surface area contributed by atoms with E-state index in [1.165, 1.54) is 5.38 Å². The average Bonchev–Trinajstić information content (AvgIpc) is 2.71. The van der Waals surface area contributed by atoms with Crippen LogP contribution in [0.15, 0.2) is 10.3 Å². The van der Waals surface area contributed by atoms with Crippen LogP contribution in [0, 0.1) is 19.3 Å². The number of carboxylic acid groups (broad SMARTS) is 1. The van der Waals surface area contributed by atoms with Gasteiger partial charge in [-0.25, -0.2) is 17.9 Å². The summed E-state index contributed by atoms with van der Waals surface area (Å²) in [7, 11) is -3.87. The summed E-state index contributed by atoms with van der Waals surface area (Å²) in [5.41, 5.74) is 0.422. The van der Waals surface area contributed by atoms with Crippen LogP contribution in [-0.2, 0) is 10.0 Å². The van der Waals surface area contributed by atoms with Gasteiger partial charge in [0.15, 0.2) is 0 Å². The van der Waals surface area contributed by atoms with Crippen LogP contribution in [0.3, 0.4) is 0 Å². The number of thiophene rings is 1. The van der Waals surface area contributed by atoms with Crippen molar-refractivity contribution in [3.05, 3.63) is 15.8 Å². The van der Waals surface area contributed by atoms with Crippen molar-refractivity contribution in [2.24, 2.45) is 0 Å². The van der Waals surface area contributed by atoms with Crippen molar-refractivity contribution >= 4 is 27.3 Å². The Morgan fingerprint density at radius 2 is 2.26 bits per heavy atom. The smallest absolute Gasteiger partial charge is 0.347 e. The molecule has 1 aromatic rings. The van der Waals surface area contributed by atoms with Crippen molar-refractivity contribution in [1.82, 2.24) is 4.72 Å². The summed E-state index contributed by atoms with van der Waals surface area (Å²) in [6, 6.07) is -0.393. The molecule has 0 aliphatic carbocycles. The molecule has 104 valence electrons. The Morgan fingerprint density at radius 1 is 1.63 bits per heavy atom. The highest BCUT2D eigenvalue weighted by atomic mass is 32.2. The van der Waals surface area contributed by atoms with Crippen molar-refractivity contribution in [1.29, 1.82) is 0 Å². The Labute approximate surface area is 116 Å². The van der Waals surface area contributed by atoms with Crippen LogP contribution in [0.25, 0.3) is 0 Å². The molecular formula is C12H15NO4S2. The molecular weight excluding hydrogens is 286 g/mol. The van der Waals surface area contributed by atoms with E-state index in [-0.39, 0.29) is 16.2 Å². The first kappa shape index (κ1) is 15.7. The molecule has 1 aromatic heterocycles. The summed E-state index contributed by atoms with van der Waals surface area (Å²) >= 11 is 0.900. The van der Waals surface area contributed by atoms with Crippen LogP contribution in [0.5, 0.6) is 0 Å². The van der Waals surface area contributed by atoms with Gasteiger partial charge in [-0.3, -0.25) is 0 Å². The zero-order valence-corrected chi connectivity index (χ0v) is 12.3. The highest BCUT2D eigenvalue weighted by Gasteiger charge is 2.28. The van der Waals surface area contributed by atoms with Crippen LogP contribution in [-0.4, -0.2) is 25.5 Å². The lowest BCUT2D eigenvalue weighted by molar-refractivity contribution is 0.0698. The average molecular weight is 301 g/mol. The Morgan fingerprint density at radius 3 is 2.74 bits per heavy atom. The van der Waals surface area contributed by atoms with Gasteiger partial charge in [0.1, 0.15) is 9.77 Å². The normalized spacial score (nSPS) is 12.9. The molecule has 1 atom stereocenters. The quantitative estimate of drug-likeness (QED) is 0.785. The molecule has 1 rings (SSSR count). The Kier molecular flexibility index (Phi) is 5.11. The lowest BCUT2D eigenvalue weighted by atomic mass is 10.2. The second-order valence-corrected chi connectivity index (χ2v) is 6.55. The topological polar surface area (TPSA) is 83.5 Å². The summed E-state index contributed by atoms with van der Waals surface area (Å²) in [5, 5.41) is 10.5. The fourth-order valence-corrected chi connectivity index (χ4v) is 4.56. The van der Waals surface area contributed by atoms with E-state index in [0.29, 0.717) is 12.0 Å². The molecule has 0 saturated carbocycles. The summed E-state index contributed by atoms with van der Waals surface area (Å²) in [6.07, 6.45) is 5.98. The highest BCUT2D eigenvalue weighted by molar-refractivity contribution is 7.89. The second kappa shape index (κ2) is 6.19. The van der Waals surface area contributed by atoms with Gasteiger partial charge in [0, 0.05) is 12.5 Å². The van der Waals surface area contributed by atoms with Gasteiger partial charge in [-0.1, -0.05) is 6.92 Å². The third kappa shape index (κ3) is 3.56. The van der Waals surface area contributed by atoms with Gasteiger partial charge < -0.3 is 5.11 Å². The van der Waals surface area contributed by atoms with E-state index in [9.17, 15) is 13.2 Å². The molecule has 7 heteroatoms. The standard InChI is InChI=1S/C12H15NO4S2/c1-4-6-9(5-2)13-19(16,17)11-8(3)7-18-10(11)12(14)15/h1,7,9,13H,5-6H2,2-3H3,(H,14,15). The molecule has 0 bridgehead atoms. The van der Waals surface area contributed by atoms with Gasteiger partial charge in [0.2, 0.25) is 10.0 Å². The molecule has 2 N–H and O–H groups in total. The second-order valence-electron chi connectivity index (χ2n) is 4.02. The minimum absolute atomic E-state index is 0.166. The molecule has 0 amide bonds. The molecule has 1 heterocycles. The summed E-state index contributed by atoms with van der Waals surface area (Å²) in [6.45, 7) is 3.38. The number of hydrogen-bond acceptors (Lipinski definition) is 4. The first-order valence-corrected chi connectivity index (χ1v) is 7.97. The van der Waals surface area contributed by atoms with Crippen LogP contribution >= 0.6 is 11.3 Å². The minimum Gasteiger partial charge on any atom is -0.477 e. The third-order valence-electron chi connectivity index (χ3n) is 2.56. The predicted molar refractivity (Wildman–Crippen MR) is 73.9 cm³/mol. The van der Waals surface area contributed by atoms with Crippen molar-refractivity contribution in [2.45, 2.75) is 37.6 Å². The SMILES string of the molecule is C#CCC(CC)NS(=O)(=O)c1c(C)csc1C(=O)O. The van der Waals surface area contributed by atoms with E-state index in [1.54, 1.807) is 6.92 Å². The van der Waals surface area contributed by atoms with Crippen molar-refractivity contribution in [3.63, 3.8) is 0 Å². The van der Waals surface area contributed by atoms with E-state index in [1.807, 2.05) is 6.92 Å². The van der Waals surface area contributed by atoms with Crippen molar-refractivity contribution < 1.29 is 18.3 Å². The monoisotopic (exact) mass is 301 g/mol. The van der Waals surface area contributed by atoms with E-state index < -0.39 is 22.0 Å². The lowest BCUT2D eigenvalue weighted by Crippen LogP contribution is -2.34. The summed E-state index contributed by atoms with van der Waals surface area (Å²) in [4.78, 5) is 10.7. The fourth-order valence-electron chi connectivity index (χ4n) is 1.60. The van der Waals surface area contributed by atoms with E-state index in [0.717, 1.165) is 11.3 Å². The van der Waals surface area contributed by atoms with Gasteiger partial charge in [0.25, 0.3) is 0 Å². The highest BCUT2D eigenvalue weighted by Crippen LogP contribution is 2.27. The number of rotatable bonds is 6. The summed E-state index contributed by atoms with van der Waals surface area (Å²) in [5.74, 6) is 1.15.